The molecule has 1 fully saturated rings. The summed E-state index contributed by atoms with van der Waals surface area (Å²) in [6.45, 7) is 1.17. The molecule has 9 nitrogen and oxygen atoms in total. The summed E-state index contributed by atoms with van der Waals surface area (Å²) in [7, 11) is 3.22. The van der Waals surface area contributed by atoms with Crippen LogP contribution in [-0.2, 0) is 26.8 Å². The lowest BCUT2D eigenvalue weighted by Gasteiger charge is -2.49. The van der Waals surface area contributed by atoms with E-state index in [1.807, 2.05) is 0 Å². The van der Waals surface area contributed by atoms with Crippen molar-refractivity contribution in [3.05, 3.63) is 53.8 Å². The fraction of sp³-hybridized carbons (Fsp3) is 0.524. The molecule has 2 unspecified atom stereocenters. The molecule has 12 heteroatoms. The molecule has 0 aromatic carbocycles. The van der Waals surface area contributed by atoms with Crippen molar-refractivity contribution in [2.75, 3.05) is 33.5 Å². The molecule has 3 aliphatic heterocycles. The number of aliphatic imine (C=N–C) groups is 1. The predicted octanol–water partition coefficient (Wildman–Crippen LogP) is 1.51. The van der Waals surface area contributed by atoms with E-state index in [1.165, 1.54) is 18.1 Å². The van der Waals surface area contributed by atoms with Gasteiger partial charge in [-0.15, -0.1) is 0 Å². The van der Waals surface area contributed by atoms with Crippen LogP contribution in [0.1, 0.15) is 12.0 Å². The summed E-state index contributed by atoms with van der Waals surface area (Å²) in [6, 6.07) is 0. The van der Waals surface area contributed by atoms with Gasteiger partial charge in [0, 0.05) is 57.0 Å². The number of nitrogens with one attached hydrogen (secondary N) is 1. The largest absolute Gasteiger partial charge is 0.419 e. The second-order valence-electron chi connectivity index (χ2n) is 7.88. The van der Waals surface area contributed by atoms with Crippen LogP contribution in [0.5, 0.6) is 0 Å². The molecular formula is C21H27F3N6O3. The zero-order valence-electron chi connectivity index (χ0n) is 18.4. The minimum absolute atomic E-state index is 0.0946. The summed E-state index contributed by atoms with van der Waals surface area (Å²) in [6.07, 6.45) is 3.12. The summed E-state index contributed by atoms with van der Waals surface area (Å²) < 4.78 is 60.4. The maximum atomic E-state index is 14.1. The van der Waals surface area contributed by atoms with Crippen molar-refractivity contribution >= 4 is 5.71 Å². The van der Waals surface area contributed by atoms with Crippen LogP contribution < -0.4 is 11.1 Å². The van der Waals surface area contributed by atoms with Crippen LogP contribution in [0.3, 0.4) is 0 Å². The molecule has 0 bridgehead atoms. The number of methoxy groups -OCH3 is 1. The van der Waals surface area contributed by atoms with E-state index in [0.717, 1.165) is 6.20 Å². The summed E-state index contributed by atoms with van der Waals surface area (Å²) in [5.74, 6) is 0. The molecule has 3 aliphatic rings. The van der Waals surface area contributed by atoms with Gasteiger partial charge in [0.2, 0.25) is 0 Å². The highest BCUT2D eigenvalue weighted by Gasteiger charge is 2.52. The maximum Gasteiger partial charge on any atom is 0.419 e. The fourth-order valence-electron chi connectivity index (χ4n) is 4.30. The number of nitrogens with zero attached hydrogens (tertiary/aromatic N) is 4. The molecule has 4 rings (SSSR count). The van der Waals surface area contributed by atoms with Crippen molar-refractivity contribution in [2.45, 2.75) is 30.6 Å². The Hall–Kier alpha value is -2.67. The van der Waals surface area contributed by atoms with Crippen LogP contribution >= 0.6 is 0 Å². The first-order valence-corrected chi connectivity index (χ1v) is 10.5. The van der Waals surface area contributed by atoms with Crippen molar-refractivity contribution in [3.8, 4) is 0 Å². The molecule has 0 aliphatic carbocycles. The van der Waals surface area contributed by atoms with Gasteiger partial charge in [-0.3, -0.25) is 9.67 Å². The van der Waals surface area contributed by atoms with Crippen molar-refractivity contribution in [1.29, 1.82) is 0 Å². The minimum atomic E-state index is -4.62. The first-order valence-electron chi connectivity index (χ1n) is 10.5. The maximum absolute atomic E-state index is 14.1. The van der Waals surface area contributed by atoms with Crippen molar-refractivity contribution < 1.29 is 27.4 Å². The predicted molar refractivity (Wildman–Crippen MR) is 114 cm³/mol. The summed E-state index contributed by atoms with van der Waals surface area (Å²) in [4.78, 5) is 5.99. The highest BCUT2D eigenvalue weighted by molar-refractivity contribution is 5.98. The normalized spacial score (nSPS) is 26.3. The van der Waals surface area contributed by atoms with Gasteiger partial charge in [-0.1, -0.05) is 6.08 Å². The number of hydrogen-bond donors (Lipinski definition) is 2. The molecule has 1 aromatic heterocycles. The quantitative estimate of drug-likeness (QED) is 0.586. The molecule has 4 heterocycles. The third kappa shape index (κ3) is 4.43. The van der Waals surface area contributed by atoms with Gasteiger partial charge in [0.25, 0.3) is 0 Å². The van der Waals surface area contributed by atoms with Crippen LogP contribution in [0.25, 0.3) is 0 Å². The Morgan fingerprint density at radius 2 is 2.09 bits per heavy atom. The van der Waals surface area contributed by atoms with Crippen molar-refractivity contribution in [1.82, 2.24) is 20.0 Å². The Morgan fingerprint density at radius 1 is 1.33 bits per heavy atom. The molecule has 0 spiro atoms. The van der Waals surface area contributed by atoms with Gasteiger partial charge in [-0.05, 0) is 6.08 Å². The van der Waals surface area contributed by atoms with Crippen LogP contribution in [0, 0.1) is 0 Å². The van der Waals surface area contributed by atoms with E-state index in [9.17, 15) is 13.2 Å². The van der Waals surface area contributed by atoms with E-state index in [2.05, 4.69) is 15.4 Å². The number of aryl methyl sites for hydroxylation is 1. The average molecular weight is 468 g/mol. The molecule has 1 aromatic rings. The lowest BCUT2D eigenvalue weighted by atomic mass is 9.79. The van der Waals surface area contributed by atoms with Crippen molar-refractivity contribution in [2.24, 2.45) is 17.8 Å². The number of alkyl halides is 3. The van der Waals surface area contributed by atoms with Gasteiger partial charge < -0.3 is 30.2 Å². The zero-order valence-corrected chi connectivity index (χ0v) is 18.4. The van der Waals surface area contributed by atoms with E-state index in [1.54, 1.807) is 36.4 Å². The topological polar surface area (TPSA) is 99.2 Å². The monoisotopic (exact) mass is 468 g/mol. The summed E-state index contributed by atoms with van der Waals surface area (Å²) in [5, 5.41) is 7.04. The first kappa shape index (κ1) is 23.5. The molecule has 180 valence electrons. The Morgan fingerprint density at radius 3 is 2.73 bits per heavy atom. The molecule has 0 amide bonds. The molecule has 0 saturated carbocycles. The summed E-state index contributed by atoms with van der Waals surface area (Å²) >= 11 is 0. The second-order valence-corrected chi connectivity index (χ2v) is 7.88. The Labute approximate surface area is 189 Å². The number of ether oxygens (including phenoxy) is 3. The molecular weight excluding hydrogens is 441 g/mol. The van der Waals surface area contributed by atoms with Gasteiger partial charge >= 0.3 is 6.18 Å². The van der Waals surface area contributed by atoms with Gasteiger partial charge in [0.15, 0.2) is 6.29 Å². The van der Waals surface area contributed by atoms with Crippen LogP contribution in [0.2, 0.25) is 0 Å². The number of rotatable bonds is 7. The lowest BCUT2D eigenvalue weighted by molar-refractivity contribution is -0.0924. The number of halogens is 3. The third-order valence-corrected chi connectivity index (χ3v) is 5.77. The number of aromatic nitrogens is 2. The second kappa shape index (κ2) is 9.29. The van der Waals surface area contributed by atoms with E-state index < -0.39 is 29.7 Å². The van der Waals surface area contributed by atoms with Crippen LogP contribution in [0.15, 0.2) is 53.2 Å². The Balaban J connectivity index is 1.83. The lowest BCUT2D eigenvalue weighted by Crippen LogP contribution is -2.60. The Kier molecular flexibility index (Phi) is 6.61. The Bertz CT molecular complexity index is 980. The molecule has 0 radical (unpaired) electrons. The highest BCUT2D eigenvalue weighted by atomic mass is 19.4. The van der Waals surface area contributed by atoms with Crippen LogP contribution in [-0.4, -0.2) is 72.5 Å². The van der Waals surface area contributed by atoms with Gasteiger partial charge in [0.05, 0.1) is 37.8 Å². The fourth-order valence-corrected chi connectivity index (χ4v) is 4.30. The molecule has 1 saturated heterocycles. The molecule has 3 N–H and O–H groups in total. The number of hydrogen-bond acceptors (Lipinski definition) is 8. The number of nitrogens with two attached hydrogens (primary N) is 1. The minimum Gasteiger partial charge on any atom is -0.383 e. The van der Waals surface area contributed by atoms with E-state index in [0.29, 0.717) is 30.9 Å². The first-order chi connectivity index (χ1) is 15.8. The SMILES string of the molecule is COCCNC1=CC(N)N(C2(c3cnn(C)c3)CC=CN=C2C2OCCO2)C=C1C(F)(F)F. The van der Waals surface area contributed by atoms with E-state index in [4.69, 9.17) is 19.9 Å². The third-order valence-electron chi connectivity index (χ3n) is 5.77. The smallest absolute Gasteiger partial charge is 0.383 e. The highest BCUT2D eigenvalue weighted by Crippen LogP contribution is 2.44. The zero-order chi connectivity index (χ0) is 23.6. The van der Waals surface area contributed by atoms with Gasteiger partial charge in [0.1, 0.15) is 11.3 Å². The van der Waals surface area contributed by atoms with Gasteiger partial charge in [-0.2, -0.15) is 18.3 Å². The van der Waals surface area contributed by atoms with E-state index >= 15 is 0 Å². The molecule has 2 atom stereocenters. The van der Waals surface area contributed by atoms with Crippen molar-refractivity contribution in [3.63, 3.8) is 0 Å². The average Bonchev–Trinajstić information content (AvgIpc) is 3.45. The summed E-state index contributed by atoms with van der Waals surface area (Å²) in [5.41, 5.74) is 5.40. The number of allylic oxidation sites excluding steroid dienone is 1. The standard InChI is InChI=1S/C21H27F3N6O3/c1-29-12-14(11-28-29)20(4-3-5-27-18(20)19-32-8-9-33-19)30-13-15(21(22,23)24)16(10-17(30)25)26-6-7-31-2/h3,5,10-13,17,19,26H,4,6-9,25H2,1-2H3. The van der Waals surface area contributed by atoms with E-state index in [-0.39, 0.29) is 18.8 Å². The van der Waals surface area contributed by atoms with Crippen LogP contribution in [0.4, 0.5) is 13.2 Å². The molecule has 33 heavy (non-hydrogen) atoms. The van der Waals surface area contributed by atoms with Gasteiger partial charge in [-0.25, -0.2) is 0 Å².